The molecule has 0 saturated carbocycles. The largest absolute Gasteiger partial charge is 0.461 e. The van der Waals surface area contributed by atoms with Gasteiger partial charge in [0, 0.05) is 0 Å². The molecule has 0 saturated heterocycles. The van der Waals surface area contributed by atoms with Gasteiger partial charge < -0.3 is 28.4 Å². The monoisotopic (exact) mass is 1560 g/mol. The van der Waals surface area contributed by atoms with E-state index < -0.39 is 0 Å². The van der Waals surface area contributed by atoms with Crippen molar-refractivity contribution >= 4 is 87.6 Å². The maximum absolute atomic E-state index is 11.0. The molecule has 0 aromatic carbocycles. The molecule has 0 aliphatic carbocycles. The summed E-state index contributed by atoms with van der Waals surface area (Å²) in [5.41, 5.74) is 19.5. The number of allylic oxidation sites excluding steroid dienone is 24. The standard InChI is InChI=1S/C23H37BrO3.C22H35BrO2.C18H29BrO3.C17H27BrO2/c1-19(2)9-6-10-20(3)11-7-12-21(4)13-8-14-22(5)15-16-26-18-27-23(25)17-24;1-18(2)9-6-10-19(3)11-7-12-20(4)13-8-14-21(5)15-16-25-22(24)17-23;1-15(2)7-5-8-16(3)9-6-10-17(4)11-12-21-14-22-18(20)13-19;1-14(2)7-5-8-15(3)9-6-10-16(4)11-12-20-17(19)13-18/h9,11,13,15H,6-8,10,12,14,16-18H2,1-5H3;9,11,13,15H,6-8,10,12,14,16-17H2,1-5H3;7,9,11H,5-6,8,10,12-14H2,1-4H3;7,9,11H,5-6,8,10,12-13H2,1-4H3/b20-11+,21-13+,22-15+;19-11+,20-13+,21-15+;16-9+,17-11+;15-9+,16-11+. The molecule has 0 amide bonds. The van der Waals surface area contributed by atoms with E-state index in [2.05, 4.69) is 249 Å². The van der Waals surface area contributed by atoms with Gasteiger partial charge in [0.1, 0.15) is 34.5 Å². The van der Waals surface area contributed by atoms with Gasteiger partial charge in [-0.15, -0.1) is 0 Å². The topological polar surface area (TPSA) is 124 Å². The summed E-state index contributed by atoms with van der Waals surface area (Å²) in [6.07, 6.45) is 53.2. The first-order chi connectivity index (χ1) is 44.6. The SMILES string of the molecule is CC(C)=CCC/C(C)=C/CC/C(C)=C/CC/C(C)=C/COC(=O)CBr.CC(C)=CCC/C(C)=C/CC/C(C)=C/CC/C(C)=C/COCOC(=O)CBr.CC(C)=CCC/C(C)=C/CC/C(C)=C/COC(=O)CBr.CC(C)=CCC/C(C)=C/CC/C(C)=C/COCOC(=O)CBr. The lowest BCUT2D eigenvalue weighted by Gasteiger charge is -2.04. The van der Waals surface area contributed by atoms with Crippen molar-refractivity contribution in [2.45, 2.75) is 253 Å². The van der Waals surface area contributed by atoms with Crippen LogP contribution in [0.15, 0.2) is 163 Å². The second kappa shape index (κ2) is 69.0. The molecule has 94 heavy (non-hydrogen) atoms. The molecule has 0 unspecified atom stereocenters. The van der Waals surface area contributed by atoms with Crippen LogP contribution in [0.5, 0.6) is 0 Å². The summed E-state index contributed by atoms with van der Waals surface area (Å²) in [6, 6.07) is 0. The normalized spacial score (nSPS) is 12.6. The predicted molar refractivity (Wildman–Crippen MR) is 419 cm³/mol. The van der Waals surface area contributed by atoms with E-state index in [9.17, 15) is 19.2 Å². The molecule has 10 nitrogen and oxygen atoms in total. The molecule has 0 heterocycles. The Morgan fingerprint density at radius 2 is 0.383 bits per heavy atom. The minimum absolute atomic E-state index is 0.00843. The van der Waals surface area contributed by atoms with Crippen molar-refractivity contribution in [3.05, 3.63) is 163 Å². The van der Waals surface area contributed by atoms with Crippen LogP contribution in [0, 0.1) is 0 Å². The molecule has 0 aliphatic rings. The van der Waals surface area contributed by atoms with Gasteiger partial charge in [0.25, 0.3) is 0 Å². The number of hydrogen-bond acceptors (Lipinski definition) is 10. The van der Waals surface area contributed by atoms with Gasteiger partial charge in [0.2, 0.25) is 0 Å². The van der Waals surface area contributed by atoms with E-state index in [-0.39, 0.29) is 58.8 Å². The van der Waals surface area contributed by atoms with Crippen LogP contribution in [-0.4, -0.2) is 85.2 Å². The smallest absolute Gasteiger partial charge is 0.318 e. The van der Waals surface area contributed by atoms with Crippen molar-refractivity contribution in [2.75, 3.05) is 61.3 Å². The fourth-order valence-electron chi connectivity index (χ4n) is 8.07. The van der Waals surface area contributed by atoms with Gasteiger partial charge in [0.05, 0.1) is 13.2 Å². The summed E-state index contributed by atoms with van der Waals surface area (Å²) in [5.74, 6) is -1.06. The van der Waals surface area contributed by atoms with E-state index in [0.29, 0.717) is 26.4 Å². The maximum Gasteiger partial charge on any atom is 0.318 e. The van der Waals surface area contributed by atoms with Crippen LogP contribution in [0.1, 0.15) is 253 Å². The van der Waals surface area contributed by atoms with Gasteiger partial charge in [-0.05, 0) is 265 Å². The molecular formula is C80H128Br4O10. The average Bonchev–Trinajstić information content (AvgIpc) is 3.74. The van der Waals surface area contributed by atoms with Gasteiger partial charge in [-0.1, -0.05) is 215 Å². The Labute approximate surface area is 608 Å². The van der Waals surface area contributed by atoms with E-state index in [1.807, 2.05) is 24.3 Å². The zero-order valence-corrected chi connectivity index (χ0v) is 68.2. The van der Waals surface area contributed by atoms with Crippen LogP contribution < -0.4 is 0 Å². The fourth-order valence-corrected chi connectivity index (χ4v) is 8.72. The Bertz CT molecular complexity index is 2510. The molecule has 0 atom stereocenters. The zero-order chi connectivity index (χ0) is 71.7. The molecule has 0 bridgehead atoms. The summed E-state index contributed by atoms with van der Waals surface area (Å²) in [5, 5.41) is 0.908. The van der Waals surface area contributed by atoms with Gasteiger partial charge in [-0.25, -0.2) is 0 Å². The van der Waals surface area contributed by atoms with Crippen molar-refractivity contribution in [2.24, 2.45) is 0 Å². The Hall–Kier alpha value is -3.92. The summed E-state index contributed by atoms with van der Waals surface area (Å²) < 4.78 is 30.1. The Morgan fingerprint density at radius 3 is 0.564 bits per heavy atom. The Kier molecular flexibility index (Phi) is 70.8. The lowest BCUT2D eigenvalue weighted by molar-refractivity contribution is -0.152. The quantitative estimate of drug-likeness (QED) is 0.0145. The van der Waals surface area contributed by atoms with E-state index in [1.165, 1.54) is 78.0 Å². The van der Waals surface area contributed by atoms with Crippen molar-refractivity contribution < 1.29 is 47.6 Å². The van der Waals surface area contributed by atoms with Crippen LogP contribution in [0.25, 0.3) is 0 Å². The third-order valence-electron chi connectivity index (χ3n) is 14.0. The highest BCUT2D eigenvalue weighted by Crippen LogP contribution is 2.17. The molecule has 14 heteroatoms. The average molecular weight is 1570 g/mol. The van der Waals surface area contributed by atoms with Crippen molar-refractivity contribution in [3.63, 3.8) is 0 Å². The third kappa shape index (κ3) is 78.8. The van der Waals surface area contributed by atoms with Crippen LogP contribution in [-0.2, 0) is 47.6 Å². The van der Waals surface area contributed by atoms with E-state index in [0.717, 1.165) is 128 Å². The van der Waals surface area contributed by atoms with Crippen molar-refractivity contribution in [3.8, 4) is 0 Å². The first-order valence-corrected chi connectivity index (χ1v) is 38.2. The number of esters is 4. The molecule has 0 aromatic heterocycles. The molecule has 0 fully saturated rings. The molecule has 0 aliphatic heterocycles. The molecule has 536 valence electrons. The molecule has 0 spiro atoms. The number of rotatable bonds is 46. The number of hydrogen-bond donors (Lipinski definition) is 0. The second-order valence-corrected chi connectivity index (χ2v) is 27.2. The zero-order valence-electron chi connectivity index (χ0n) is 61.9. The van der Waals surface area contributed by atoms with E-state index in [4.69, 9.17) is 28.4 Å². The Morgan fingerprint density at radius 1 is 0.223 bits per heavy atom. The van der Waals surface area contributed by atoms with Crippen molar-refractivity contribution in [1.82, 2.24) is 0 Å². The number of ether oxygens (including phenoxy) is 6. The van der Waals surface area contributed by atoms with Crippen LogP contribution in [0.2, 0.25) is 0 Å². The molecule has 0 rings (SSSR count). The van der Waals surface area contributed by atoms with Gasteiger partial charge >= 0.3 is 23.9 Å². The fraction of sp³-hybridized carbons (Fsp3) is 0.600. The molecule has 0 aromatic rings. The number of halogens is 4. The molecular weight excluding hydrogens is 1440 g/mol. The first-order valence-electron chi connectivity index (χ1n) is 33.7. The second-order valence-electron chi connectivity index (χ2n) is 24.9. The van der Waals surface area contributed by atoms with Crippen molar-refractivity contribution in [1.29, 1.82) is 0 Å². The highest BCUT2D eigenvalue weighted by Gasteiger charge is 2.03. The van der Waals surface area contributed by atoms with Gasteiger partial charge in [0.15, 0.2) is 13.6 Å². The van der Waals surface area contributed by atoms with Gasteiger partial charge in [-0.2, -0.15) is 0 Å². The first kappa shape index (κ1) is 96.5. The Balaban J connectivity index is -0.000000578. The summed E-state index contributed by atoms with van der Waals surface area (Å²) in [7, 11) is 0. The lowest BCUT2D eigenvalue weighted by atomic mass is 10.0. The third-order valence-corrected chi connectivity index (χ3v) is 15.9. The summed E-state index contributed by atoms with van der Waals surface area (Å²) in [4.78, 5) is 43.7. The number of carbonyl (C=O) groups is 4. The molecule has 0 radical (unpaired) electrons. The summed E-state index contributed by atoms with van der Waals surface area (Å²) in [6.45, 7) is 40.5. The molecule has 0 N–H and O–H groups in total. The minimum Gasteiger partial charge on any atom is -0.461 e. The van der Waals surface area contributed by atoms with Crippen LogP contribution in [0.3, 0.4) is 0 Å². The highest BCUT2D eigenvalue weighted by molar-refractivity contribution is 9.10. The lowest BCUT2D eigenvalue weighted by Crippen LogP contribution is -2.09. The maximum atomic E-state index is 11.0. The minimum atomic E-state index is -0.311. The predicted octanol–water partition coefficient (Wildman–Crippen LogP) is 24.8. The van der Waals surface area contributed by atoms with E-state index >= 15 is 0 Å². The summed E-state index contributed by atoms with van der Waals surface area (Å²) >= 11 is 12.2. The highest BCUT2D eigenvalue weighted by atomic mass is 79.9. The van der Waals surface area contributed by atoms with Crippen LogP contribution >= 0.6 is 63.7 Å². The number of carbonyl (C=O) groups excluding carboxylic acids is 4. The van der Waals surface area contributed by atoms with E-state index in [1.54, 1.807) is 0 Å². The van der Waals surface area contributed by atoms with Crippen LogP contribution in [0.4, 0.5) is 0 Å². The van der Waals surface area contributed by atoms with Gasteiger partial charge in [-0.3, -0.25) is 19.2 Å². The number of alkyl halides is 4.